The average molecular weight is 557 g/mol. The maximum Gasteiger partial charge on any atom is 0.271 e. The molecule has 1 aliphatic heterocycles. The number of benzene rings is 2. The number of nitrogens with two attached hydrogens (primary N) is 1. The third-order valence-electron chi connectivity index (χ3n) is 5.00. The molecule has 1 aliphatic rings. The molecule has 0 bridgehead atoms. The molecule has 1 fully saturated rings. The number of rotatable bonds is 4. The van der Waals surface area contributed by atoms with E-state index in [1.165, 1.54) is 0 Å². The third kappa shape index (κ3) is 4.03. The first-order valence-corrected chi connectivity index (χ1v) is 11.2. The molecule has 1 saturated heterocycles. The van der Waals surface area contributed by atoms with Crippen LogP contribution in [-0.2, 0) is 4.74 Å². The van der Waals surface area contributed by atoms with Gasteiger partial charge in [0.2, 0.25) is 0 Å². The van der Waals surface area contributed by atoms with Crippen molar-refractivity contribution in [1.29, 1.82) is 0 Å². The van der Waals surface area contributed by atoms with Crippen LogP contribution in [0.4, 0.5) is 5.69 Å². The van der Waals surface area contributed by atoms with Crippen LogP contribution in [0.5, 0.6) is 0 Å². The quantitative estimate of drug-likeness (QED) is 0.470. The first kappa shape index (κ1) is 21.4. The molecule has 2 aromatic carbocycles. The van der Waals surface area contributed by atoms with E-state index >= 15 is 0 Å². The normalized spacial score (nSPS) is 16.7. The number of ether oxygens (including phenoxy) is 1. The van der Waals surface area contributed by atoms with Crippen LogP contribution in [0.1, 0.15) is 17.4 Å². The molecule has 4 rings (SSSR count). The minimum Gasteiger partial charge on any atom is -0.377 e. The zero-order valence-electron chi connectivity index (χ0n) is 16.1. The Hall–Kier alpha value is -1.81. The summed E-state index contributed by atoms with van der Waals surface area (Å²) in [7, 11) is 0. The number of anilines is 1. The number of nitrogens with zero attached hydrogens (tertiary/aromatic N) is 3. The maximum atomic E-state index is 12.4. The van der Waals surface area contributed by atoms with Crippen molar-refractivity contribution in [2.75, 3.05) is 24.7 Å². The van der Waals surface area contributed by atoms with Crippen molar-refractivity contribution in [2.24, 2.45) is 5.73 Å². The van der Waals surface area contributed by atoms with Gasteiger partial charge in [0, 0.05) is 26.7 Å². The zero-order chi connectivity index (χ0) is 21.4. The predicted molar refractivity (Wildman–Crippen MR) is 128 cm³/mol. The van der Waals surface area contributed by atoms with Crippen LogP contribution in [0.15, 0.2) is 42.5 Å². The van der Waals surface area contributed by atoms with Gasteiger partial charge in [0.15, 0.2) is 5.69 Å². The second kappa shape index (κ2) is 8.74. The van der Waals surface area contributed by atoms with Crippen molar-refractivity contribution in [3.8, 4) is 16.9 Å². The Bertz CT molecular complexity index is 1100. The van der Waals surface area contributed by atoms with Gasteiger partial charge in [-0.2, -0.15) is 5.10 Å². The van der Waals surface area contributed by atoms with E-state index < -0.39 is 5.91 Å². The van der Waals surface area contributed by atoms with Crippen LogP contribution < -0.4 is 10.6 Å². The molecule has 0 spiro atoms. The van der Waals surface area contributed by atoms with E-state index in [2.05, 4.69) is 32.6 Å². The van der Waals surface area contributed by atoms with Gasteiger partial charge in [-0.3, -0.25) is 4.79 Å². The van der Waals surface area contributed by atoms with E-state index in [0.29, 0.717) is 41.2 Å². The number of amides is 1. The van der Waals surface area contributed by atoms with Crippen molar-refractivity contribution in [3.05, 3.63) is 61.8 Å². The number of hydrogen-bond acceptors (Lipinski definition) is 4. The van der Waals surface area contributed by atoms with Crippen molar-refractivity contribution in [2.45, 2.75) is 13.0 Å². The number of carbonyl (C=O) groups is 1. The lowest BCUT2D eigenvalue weighted by atomic mass is 10.1. The Balaban J connectivity index is 2.03. The third-order valence-corrected chi connectivity index (χ3v) is 6.26. The molecule has 1 atom stereocenters. The molecule has 2 N–H and O–H groups in total. The van der Waals surface area contributed by atoms with Crippen molar-refractivity contribution in [1.82, 2.24) is 9.78 Å². The van der Waals surface area contributed by atoms with E-state index in [-0.39, 0.29) is 11.7 Å². The fraction of sp³-hybridized carbons (Fsp3) is 0.238. The molecule has 1 amide bonds. The highest BCUT2D eigenvalue weighted by atomic mass is 127. The Morgan fingerprint density at radius 2 is 1.97 bits per heavy atom. The summed E-state index contributed by atoms with van der Waals surface area (Å²) >= 11 is 14.9. The molecule has 2 heterocycles. The molecule has 9 heteroatoms. The molecule has 1 unspecified atom stereocenters. The number of aromatic nitrogens is 2. The second-order valence-corrected chi connectivity index (χ2v) is 9.13. The molecular formula is C21H19Cl2IN4O2. The predicted octanol–water partition coefficient (Wildman–Crippen LogP) is 4.77. The standard InChI is InChI=1S/C21H19Cl2IN4O2/c1-12-11-30-9-8-27(12)20-18(21(25)29)26-28(17-7-4-14(22)10-16(17)23)19(20)13-2-5-15(24)6-3-13/h2-7,10,12H,8-9,11H2,1H3,(H2,25,29). The van der Waals surface area contributed by atoms with Gasteiger partial charge < -0.3 is 15.4 Å². The lowest BCUT2D eigenvalue weighted by Gasteiger charge is -2.35. The SMILES string of the molecule is CC1COCCN1c1c(C(N)=O)nn(-c2ccc(Cl)cc2Cl)c1-c1ccc(I)cc1. The van der Waals surface area contributed by atoms with E-state index in [4.69, 9.17) is 33.7 Å². The van der Waals surface area contributed by atoms with E-state index in [9.17, 15) is 4.79 Å². The Morgan fingerprint density at radius 3 is 2.60 bits per heavy atom. The van der Waals surface area contributed by atoms with Crippen molar-refractivity contribution >= 4 is 57.4 Å². The summed E-state index contributed by atoms with van der Waals surface area (Å²) in [6.45, 7) is 3.78. The van der Waals surface area contributed by atoms with Gasteiger partial charge in [-0.25, -0.2) is 4.68 Å². The minimum atomic E-state index is -0.598. The first-order chi connectivity index (χ1) is 14.4. The first-order valence-electron chi connectivity index (χ1n) is 9.35. The van der Waals surface area contributed by atoms with Gasteiger partial charge in [-0.15, -0.1) is 0 Å². The molecule has 30 heavy (non-hydrogen) atoms. The number of carbonyl (C=O) groups excluding carboxylic acids is 1. The summed E-state index contributed by atoms with van der Waals surface area (Å²) in [5.41, 5.74) is 8.91. The molecule has 3 aromatic rings. The van der Waals surface area contributed by atoms with Gasteiger partial charge in [0.1, 0.15) is 0 Å². The van der Waals surface area contributed by atoms with Crippen LogP contribution in [0.2, 0.25) is 10.0 Å². The fourth-order valence-electron chi connectivity index (χ4n) is 3.60. The Kier molecular flexibility index (Phi) is 6.24. The number of hydrogen-bond donors (Lipinski definition) is 1. The topological polar surface area (TPSA) is 73.4 Å². The molecule has 1 aromatic heterocycles. The smallest absolute Gasteiger partial charge is 0.271 e. The summed E-state index contributed by atoms with van der Waals surface area (Å²) < 4.78 is 8.38. The highest BCUT2D eigenvalue weighted by Crippen LogP contribution is 2.39. The molecule has 0 radical (unpaired) electrons. The van der Waals surface area contributed by atoms with Crippen molar-refractivity contribution in [3.63, 3.8) is 0 Å². The van der Waals surface area contributed by atoms with Crippen LogP contribution in [-0.4, -0.2) is 41.5 Å². The van der Waals surface area contributed by atoms with Gasteiger partial charge in [-0.1, -0.05) is 35.3 Å². The molecule has 0 saturated carbocycles. The minimum absolute atomic E-state index is 0.0535. The lowest BCUT2D eigenvalue weighted by molar-refractivity contribution is 0.0967. The Labute approximate surface area is 198 Å². The monoisotopic (exact) mass is 556 g/mol. The van der Waals surface area contributed by atoms with Crippen LogP contribution in [0.25, 0.3) is 16.9 Å². The largest absolute Gasteiger partial charge is 0.377 e. The summed E-state index contributed by atoms with van der Waals surface area (Å²) in [5.74, 6) is -0.598. The van der Waals surface area contributed by atoms with E-state index in [1.807, 2.05) is 31.2 Å². The second-order valence-electron chi connectivity index (χ2n) is 7.04. The lowest BCUT2D eigenvalue weighted by Crippen LogP contribution is -2.44. The molecular weight excluding hydrogens is 538 g/mol. The summed E-state index contributed by atoms with van der Waals surface area (Å²) in [4.78, 5) is 14.6. The highest BCUT2D eigenvalue weighted by molar-refractivity contribution is 14.1. The van der Waals surface area contributed by atoms with Crippen molar-refractivity contribution < 1.29 is 9.53 Å². The summed E-state index contributed by atoms with van der Waals surface area (Å²) in [6.07, 6.45) is 0. The van der Waals surface area contributed by atoms with Crippen LogP contribution in [0.3, 0.4) is 0 Å². The number of halogens is 3. The van der Waals surface area contributed by atoms with E-state index in [1.54, 1.807) is 22.9 Å². The Morgan fingerprint density at radius 1 is 1.23 bits per heavy atom. The van der Waals surface area contributed by atoms with Gasteiger partial charge in [-0.05, 0) is 59.8 Å². The van der Waals surface area contributed by atoms with Gasteiger partial charge in [0.05, 0.1) is 35.3 Å². The van der Waals surface area contributed by atoms with Gasteiger partial charge >= 0.3 is 0 Å². The molecule has 0 aliphatic carbocycles. The fourth-order valence-corrected chi connectivity index (χ4v) is 4.45. The molecule has 156 valence electrons. The van der Waals surface area contributed by atoms with E-state index in [0.717, 1.165) is 14.8 Å². The van der Waals surface area contributed by atoms with Crippen LogP contribution >= 0.6 is 45.8 Å². The summed E-state index contributed by atoms with van der Waals surface area (Å²) in [6, 6.07) is 13.2. The number of morpholine rings is 1. The van der Waals surface area contributed by atoms with Crippen LogP contribution in [0, 0.1) is 3.57 Å². The highest BCUT2D eigenvalue weighted by Gasteiger charge is 2.32. The van der Waals surface area contributed by atoms with Gasteiger partial charge in [0.25, 0.3) is 5.91 Å². The number of primary amides is 1. The maximum absolute atomic E-state index is 12.4. The average Bonchev–Trinajstić information content (AvgIpc) is 3.09. The summed E-state index contributed by atoms with van der Waals surface area (Å²) in [5, 5.41) is 5.55. The zero-order valence-corrected chi connectivity index (χ0v) is 19.8. The molecule has 6 nitrogen and oxygen atoms in total.